The van der Waals surface area contributed by atoms with Gasteiger partial charge in [0.05, 0.1) is 5.69 Å². The van der Waals surface area contributed by atoms with Crippen molar-refractivity contribution >= 4 is 29.3 Å². The van der Waals surface area contributed by atoms with Crippen LogP contribution in [0.1, 0.15) is 6.92 Å². The van der Waals surface area contributed by atoms with E-state index in [9.17, 15) is 9.59 Å². The molecule has 0 spiro atoms. The SMILES string of the molecule is C/C=C/C=C/C(=O)OCC(=O)Nc1ccccc1Sc1ccccc1. The summed E-state index contributed by atoms with van der Waals surface area (Å²) in [7, 11) is 0. The summed E-state index contributed by atoms with van der Waals surface area (Å²) in [6, 6.07) is 17.4. The number of benzene rings is 2. The van der Waals surface area contributed by atoms with Gasteiger partial charge in [-0.3, -0.25) is 4.79 Å². The number of carbonyl (C=O) groups excluding carboxylic acids is 2. The van der Waals surface area contributed by atoms with E-state index >= 15 is 0 Å². The number of para-hydroxylation sites is 1. The van der Waals surface area contributed by atoms with Crippen LogP contribution >= 0.6 is 11.8 Å². The molecule has 0 saturated carbocycles. The van der Waals surface area contributed by atoms with Crippen molar-refractivity contribution in [3.05, 3.63) is 78.9 Å². The van der Waals surface area contributed by atoms with Crippen molar-refractivity contribution in [2.24, 2.45) is 0 Å². The van der Waals surface area contributed by atoms with Gasteiger partial charge >= 0.3 is 5.97 Å². The van der Waals surface area contributed by atoms with E-state index in [0.717, 1.165) is 9.79 Å². The lowest BCUT2D eigenvalue weighted by Gasteiger charge is -2.10. The van der Waals surface area contributed by atoms with Crippen LogP contribution in [0.5, 0.6) is 0 Å². The molecule has 0 fully saturated rings. The van der Waals surface area contributed by atoms with Crippen LogP contribution < -0.4 is 5.32 Å². The van der Waals surface area contributed by atoms with Crippen molar-refractivity contribution < 1.29 is 14.3 Å². The van der Waals surface area contributed by atoms with E-state index in [1.54, 1.807) is 30.0 Å². The van der Waals surface area contributed by atoms with Gasteiger partial charge in [-0.15, -0.1) is 0 Å². The highest BCUT2D eigenvalue weighted by molar-refractivity contribution is 7.99. The highest BCUT2D eigenvalue weighted by atomic mass is 32.2. The molecule has 0 heterocycles. The minimum absolute atomic E-state index is 0.330. The Kier molecular flexibility index (Phi) is 7.53. The van der Waals surface area contributed by atoms with Gasteiger partial charge in [0.1, 0.15) is 0 Å². The van der Waals surface area contributed by atoms with Crippen LogP contribution in [0.3, 0.4) is 0 Å². The largest absolute Gasteiger partial charge is 0.452 e. The Bertz CT molecular complexity index is 770. The number of rotatable bonds is 7. The number of esters is 1. The molecule has 0 atom stereocenters. The maximum atomic E-state index is 12.0. The zero-order chi connectivity index (χ0) is 17.9. The maximum absolute atomic E-state index is 12.0. The molecule has 0 radical (unpaired) electrons. The van der Waals surface area contributed by atoms with E-state index in [-0.39, 0.29) is 12.5 Å². The molecule has 0 aliphatic rings. The zero-order valence-electron chi connectivity index (χ0n) is 13.8. The van der Waals surface area contributed by atoms with Gasteiger partial charge in [0.25, 0.3) is 5.91 Å². The summed E-state index contributed by atoms with van der Waals surface area (Å²) in [6.07, 6.45) is 6.33. The first kappa shape index (κ1) is 18.5. The van der Waals surface area contributed by atoms with Gasteiger partial charge in [-0.05, 0) is 31.2 Å². The second-order valence-corrected chi connectivity index (χ2v) is 6.07. The first-order chi connectivity index (χ1) is 12.2. The molecule has 0 bridgehead atoms. The molecule has 0 aliphatic carbocycles. The van der Waals surface area contributed by atoms with Crippen LogP contribution in [0.25, 0.3) is 0 Å². The van der Waals surface area contributed by atoms with Crippen LogP contribution in [0, 0.1) is 0 Å². The number of allylic oxidation sites excluding steroid dienone is 3. The molecule has 5 heteroatoms. The third-order valence-electron chi connectivity index (χ3n) is 3.01. The third-order valence-corrected chi connectivity index (χ3v) is 4.10. The Morgan fingerprint density at radius 3 is 2.52 bits per heavy atom. The van der Waals surface area contributed by atoms with Crippen molar-refractivity contribution in [1.82, 2.24) is 0 Å². The predicted molar refractivity (Wildman–Crippen MR) is 101 cm³/mol. The van der Waals surface area contributed by atoms with Gasteiger partial charge in [-0.2, -0.15) is 0 Å². The van der Waals surface area contributed by atoms with E-state index in [0.29, 0.717) is 5.69 Å². The molecular weight excluding hydrogens is 334 g/mol. The number of hydrogen-bond acceptors (Lipinski definition) is 4. The summed E-state index contributed by atoms with van der Waals surface area (Å²) in [5.74, 6) is -0.936. The Morgan fingerprint density at radius 1 is 1.04 bits per heavy atom. The maximum Gasteiger partial charge on any atom is 0.331 e. The summed E-state index contributed by atoms with van der Waals surface area (Å²) < 4.78 is 4.90. The molecular formula is C20H19NO3S. The second-order valence-electron chi connectivity index (χ2n) is 4.95. The fourth-order valence-corrected chi connectivity index (χ4v) is 2.81. The van der Waals surface area contributed by atoms with Gasteiger partial charge in [-0.1, -0.05) is 60.3 Å². The standard InChI is InChI=1S/C20H19NO3S/c1-2-3-5-14-20(23)24-15-19(22)21-17-12-8-9-13-18(17)25-16-10-6-4-7-11-16/h2-14H,15H2,1H3,(H,21,22)/b3-2+,14-5+. The summed E-state index contributed by atoms with van der Waals surface area (Å²) in [5, 5.41) is 2.78. The minimum Gasteiger partial charge on any atom is -0.452 e. The van der Waals surface area contributed by atoms with Crippen molar-refractivity contribution in [3.63, 3.8) is 0 Å². The van der Waals surface area contributed by atoms with Crippen molar-refractivity contribution in [3.8, 4) is 0 Å². The van der Waals surface area contributed by atoms with Crippen LogP contribution in [-0.2, 0) is 14.3 Å². The van der Waals surface area contributed by atoms with E-state index in [1.807, 2.05) is 61.5 Å². The molecule has 1 N–H and O–H groups in total. The van der Waals surface area contributed by atoms with Gasteiger partial charge in [-0.25, -0.2) is 4.79 Å². The minimum atomic E-state index is -0.555. The average Bonchev–Trinajstić information content (AvgIpc) is 2.63. The molecule has 0 unspecified atom stereocenters. The van der Waals surface area contributed by atoms with Crippen molar-refractivity contribution in [2.75, 3.05) is 11.9 Å². The molecule has 4 nitrogen and oxygen atoms in total. The highest BCUT2D eigenvalue weighted by Gasteiger charge is 2.09. The smallest absolute Gasteiger partial charge is 0.331 e. The summed E-state index contributed by atoms with van der Waals surface area (Å²) in [6.45, 7) is 1.51. The lowest BCUT2D eigenvalue weighted by molar-refractivity contribution is -0.142. The van der Waals surface area contributed by atoms with Gasteiger partial charge in [0.15, 0.2) is 6.61 Å². The van der Waals surface area contributed by atoms with Crippen molar-refractivity contribution in [2.45, 2.75) is 16.7 Å². The monoisotopic (exact) mass is 353 g/mol. The molecule has 2 aromatic rings. The molecule has 128 valence electrons. The fourth-order valence-electron chi connectivity index (χ4n) is 1.89. The Morgan fingerprint density at radius 2 is 1.76 bits per heavy atom. The third kappa shape index (κ3) is 6.69. The molecule has 2 aromatic carbocycles. The highest BCUT2D eigenvalue weighted by Crippen LogP contribution is 2.33. The lowest BCUT2D eigenvalue weighted by atomic mass is 10.3. The van der Waals surface area contributed by atoms with E-state index in [1.165, 1.54) is 6.08 Å². The number of carbonyl (C=O) groups is 2. The van der Waals surface area contributed by atoms with Gasteiger partial charge < -0.3 is 10.1 Å². The molecule has 1 amide bonds. The van der Waals surface area contributed by atoms with Gasteiger partial charge in [0, 0.05) is 15.9 Å². The number of amides is 1. The Balaban J connectivity index is 1.93. The molecule has 0 saturated heterocycles. The van der Waals surface area contributed by atoms with Gasteiger partial charge in [0.2, 0.25) is 0 Å². The van der Waals surface area contributed by atoms with Crippen LogP contribution in [-0.4, -0.2) is 18.5 Å². The zero-order valence-corrected chi connectivity index (χ0v) is 14.7. The Hall–Kier alpha value is -2.79. The topological polar surface area (TPSA) is 55.4 Å². The van der Waals surface area contributed by atoms with E-state index in [2.05, 4.69) is 5.32 Å². The van der Waals surface area contributed by atoms with E-state index in [4.69, 9.17) is 4.74 Å². The normalized spacial score (nSPS) is 10.9. The van der Waals surface area contributed by atoms with Crippen molar-refractivity contribution in [1.29, 1.82) is 0 Å². The first-order valence-corrected chi connectivity index (χ1v) is 8.58. The fraction of sp³-hybridized carbons (Fsp3) is 0.100. The first-order valence-electron chi connectivity index (χ1n) is 7.77. The molecule has 25 heavy (non-hydrogen) atoms. The summed E-state index contributed by atoms with van der Waals surface area (Å²) >= 11 is 1.55. The average molecular weight is 353 g/mol. The van der Waals surface area contributed by atoms with Crippen LogP contribution in [0.15, 0.2) is 88.7 Å². The van der Waals surface area contributed by atoms with Crippen LogP contribution in [0.4, 0.5) is 5.69 Å². The summed E-state index contributed by atoms with van der Waals surface area (Å²) in [5.41, 5.74) is 0.682. The summed E-state index contributed by atoms with van der Waals surface area (Å²) in [4.78, 5) is 25.5. The number of ether oxygens (including phenoxy) is 1. The van der Waals surface area contributed by atoms with Crippen LogP contribution in [0.2, 0.25) is 0 Å². The predicted octanol–water partition coefficient (Wildman–Crippen LogP) is 4.45. The molecule has 2 rings (SSSR count). The second kappa shape index (κ2) is 10.2. The molecule has 0 aliphatic heterocycles. The number of nitrogens with one attached hydrogen (secondary N) is 1. The van der Waals surface area contributed by atoms with E-state index < -0.39 is 5.97 Å². The number of hydrogen-bond donors (Lipinski definition) is 1. The molecule has 0 aromatic heterocycles. The lowest BCUT2D eigenvalue weighted by Crippen LogP contribution is -2.20. The Labute approximate surface area is 151 Å². The number of anilines is 1. The quantitative estimate of drug-likeness (QED) is 0.454.